The van der Waals surface area contributed by atoms with Crippen LogP contribution in [0.2, 0.25) is 0 Å². The highest BCUT2D eigenvalue weighted by Crippen LogP contribution is 2.94. The lowest BCUT2D eigenvalue weighted by atomic mass is 9.65. The van der Waals surface area contributed by atoms with Crippen LogP contribution in [-0.2, 0) is 16.2 Å². The maximum absolute atomic E-state index is 6.57. The first-order valence-electron chi connectivity index (χ1n) is 25.8. The Kier molecular flexibility index (Phi) is 7.17. The van der Waals surface area contributed by atoms with E-state index in [1.165, 1.54) is 66.1 Å². The Morgan fingerprint density at radius 2 is 0.662 bits per heavy atom. The van der Waals surface area contributed by atoms with Crippen molar-refractivity contribution in [1.82, 2.24) is 0 Å². The van der Waals surface area contributed by atoms with E-state index in [-0.39, 0.29) is 10.8 Å². The molecular formula is C71H41NO2. The fourth-order valence-electron chi connectivity index (χ4n) is 15.6. The minimum absolute atomic E-state index is 0.350. The van der Waals surface area contributed by atoms with Crippen LogP contribution in [0.25, 0.3) is 98.8 Å². The summed E-state index contributed by atoms with van der Waals surface area (Å²) in [6.45, 7) is 0. The van der Waals surface area contributed by atoms with Crippen LogP contribution >= 0.6 is 0 Å². The van der Waals surface area contributed by atoms with E-state index < -0.39 is 5.41 Å². The quantitative estimate of drug-likeness (QED) is 0.172. The Hall–Kier alpha value is -9.44. The Balaban J connectivity index is 0.880. The zero-order valence-corrected chi connectivity index (χ0v) is 39.9. The monoisotopic (exact) mass is 939 g/mol. The molecule has 0 bridgehead atoms. The Bertz CT molecular complexity index is 4640. The largest absolute Gasteiger partial charge is 0.455 e. The molecule has 3 unspecified atom stereocenters. The molecule has 14 aromatic rings. The minimum Gasteiger partial charge on any atom is -0.455 e. The molecule has 0 radical (unpaired) electrons. The minimum atomic E-state index is -0.401. The average molecular weight is 940 g/mol. The van der Waals surface area contributed by atoms with Gasteiger partial charge in [-0.05, 0) is 126 Å². The lowest BCUT2D eigenvalue weighted by molar-refractivity contribution is 0.669. The Morgan fingerprint density at radius 1 is 0.270 bits per heavy atom. The molecule has 0 aliphatic heterocycles. The van der Waals surface area contributed by atoms with Crippen LogP contribution in [0.3, 0.4) is 0 Å². The van der Waals surface area contributed by atoms with Gasteiger partial charge in [-0.3, -0.25) is 0 Å². The van der Waals surface area contributed by atoms with Crippen molar-refractivity contribution in [2.24, 2.45) is 0 Å². The number of benzene rings is 12. The van der Waals surface area contributed by atoms with Crippen LogP contribution in [0, 0.1) is 0 Å². The van der Waals surface area contributed by atoms with E-state index in [0.717, 1.165) is 83.2 Å². The molecule has 0 amide bonds. The van der Waals surface area contributed by atoms with E-state index in [9.17, 15) is 0 Å². The Morgan fingerprint density at radius 3 is 1.20 bits per heavy atom. The molecule has 18 rings (SSSR count). The zero-order chi connectivity index (χ0) is 48.1. The molecule has 3 atom stereocenters. The van der Waals surface area contributed by atoms with E-state index in [1.807, 2.05) is 12.1 Å². The molecule has 342 valence electrons. The van der Waals surface area contributed by atoms with Crippen LogP contribution in [0.5, 0.6) is 0 Å². The van der Waals surface area contributed by atoms with Crippen LogP contribution in [0.15, 0.2) is 258 Å². The molecule has 3 heteroatoms. The van der Waals surface area contributed by atoms with Gasteiger partial charge in [0.15, 0.2) is 0 Å². The van der Waals surface area contributed by atoms with Gasteiger partial charge >= 0.3 is 0 Å². The summed E-state index contributed by atoms with van der Waals surface area (Å²) in [5.74, 6) is 0. The molecule has 4 aliphatic carbocycles. The first-order valence-corrected chi connectivity index (χ1v) is 25.8. The van der Waals surface area contributed by atoms with Crippen molar-refractivity contribution in [1.29, 1.82) is 0 Å². The highest BCUT2D eigenvalue weighted by atomic mass is 16.3. The maximum Gasteiger partial charge on any atom is 0.143 e. The number of fused-ring (bicyclic) bond motifs is 9. The van der Waals surface area contributed by atoms with Crippen LogP contribution in [0.1, 0.15) is 33.4 Å². The van der Waals surface area contributed by atoms with E-state index in [2.05, 4.69) is 241 Å². The van der Waals surface area contributed by atoms with Crippen LogP contribution < -0.4 is 4.90 Å². The third-order valence-corrected chi connectivity index (χ3v) is 18.0. The van der Waals surface area contributed by atoms with Crippen molar-refractivity contribution in [3.05, 3.63) is 282 Å². The van der Waals surface area contributed by atoms with Gasteiger partial charge in [-0.1, -0.05) is 200 Å². The van der Waals surface area contributed by atoms with Gasteiger partial charge in [-0.2, -0.15) is 0 Å². The summed E-state index contributed by atoms with van der Waals surface area (Å²) in [6.07, 6.45) is 0. The molecule has 0 saturated heterocycles. The summed E-state index contributed by atoms with van der Waals surface area (Å²) in [6, 6.07) is 92.8. The van der Waals surface area contributed by atoms with Crippen molar-refractivity contribution in [2.45, 2.75) is 16.2 Å². The lowest BCUT2D eigenvalue weighted by Crippen LogP contribution is -2.30. The van der Waals surface area contributed by atoms with E-state index in [1.54, 1.807) is 0 Å². The highest BCUT2D eigenvalue weighted by Gasteiger charge is 2.95. The predicted molar refractivity (Wildman–Crippen MR) is 302 cm³/mol. The zero-order valence-electron chi connectivity index (χ0n) is 39.9. The molecule has 0 N–H and O–H groups in total. The molecule has 12 aromatic carbocycles. The molecule has 3 nitrogen and oxygen atoms in total. The summed E-state index contributed by atoms with van der Waals surface area (Å²) < 4.78 is 13.1. The van der Waals surface area contributed by atoms with Gasteiger partial charge in [0.1, 0.15) is 22.3 Å². The van der Waals surface area contributed by atoms with E-state index >= 15 is 0 Å². The fourth-order valence-corrected chi connectivity index (χ4v) is 15.6. The van der Waals surface area contributed by atoms with Crippen LogP contribution in [0.4, 0.5) is 17.1 Å². The van der Waals surface area contributed by atoms with Gasteiger partial charge in [-0.15, -0.1) is 0 Å². The SMILES string of the molecule is c1ccc2c(c1)-c1ccccc1C13c4cc(N(c5ccc(-c6cccc7c6oc6ccccc67)cc5)c5ccc(-c6cccc7c6oc6ccccc67)cc5)cc5cccc(c45)C14c1cccc5cccc(c15)C234. The smallest absolute Gasteiger partial charge is 0.143 e. The summed E-state index contributed by atoms with van der Waals surface area (Å²) in [5, 5.41) is 9.89. The molecule has 1 fully saturated rings. The third-order valence-electron chi connectivity index (χ3n) is 18.0. The fraction of sp³-hybridized carbons (Fsp3) is 0.0423. The van der Waals surface area contributed by atoms with Gasteiger partial charge in [0.05, 0.1) is 16.2 Å². The molecule has 3 spiro atoms. The molecular weight excluding hydrogens is 899 g/mol. The molecule has 74 heavy (non-hydrogen) atoms. The number of anilines is 3. The number of furan rings is 2. The molecule has 2 heterocycles. The molecule has 2 aromatic heterocycles. The van der Waals surface area contributed by atoms with Crippen LogP contribution in [-0.4, -0.2) is 0 Å². The third kappa shape index (κ3) is 4.35. The second-order valence-corrected chi connectivity index (χ2v) is 20.9. The normalized spacial score (nSPS) is 19.2. The number of nitrogens with zero attached hydrogens (tertiary/aromatic N) is 1. The van der Waals surface area contributed by atoms with Gasteiger partial charge in [0.25, 0.3) is 0 Å². The first-order chi connectivity index (χ1) is 36.7. The van der Waals surface area contributed by atoms with Crippen molar-refractivity contribution in [3.63, 3.8) is 0 Å². The highest BCUT2D eigenvalue weighted by molar-refractivity contribution is 6.15. The summed E-state index contributed by atoms with van der Waals surface area (Å²) in [4.78, 5) is 2.48. The van der Waals surface area contributed by atoms with E-state index in [4.69, 9.17) is 8.83 Å². The van der Waals surface area contributed by atoms with Gasteiger partial charge in [0, 0.05) is 49.7 Å². The summed E-state index contributed by atoms with van der Waals surface area (Å²) in [7, 11) is 0. The van der Waals surface area contributed by atoms with Gasteiger partial charge in [-0.25, -0.2) is 0 Å². The summed E-state index contributed by atoms with van der Waals surface area (Å²) >= 11 is 0. The topological polar surface area (TPSA) is 29.5 Å². The standard InChI is InChI=1S/C71H41NO2/c1-5-25-57-51(17-1)52-18-2-6-26-58(52)70-62-41-48(40-45-16-11-29-61(66(45)62)71(70)60-28-10-15-44-14-9-27-59(65(44)60)69(57,70)71)72(46-36-32-42(33-37-46)49-21-12-23-55-53-19-3-7-30-63(53)73-67(49)55)47-38-34-43(35-39-47)50-22-13-24-56-54-20-4-8-31-64(54)74-68(50)56/h1-41H. The number of hydrogen-bond donors (Lipinski definition) is 0. The second-order valence-electron chi connectivity index (χ2n) is 20.9. The molecule has 4 aliphatic rings. The number of hydrogen-bond acceptors (Lipinski definition) is 3. The maximum atomic E-state index is 6.57. The Labute approximate surface area is 425 Å². The average Bonchev–Trinajstić information content (AvgIpc) is 3.61. The first kappa shape index (κ1) is 39.2. The number of para-hydroxylation sites is 4. The predicted octanol–water partition coefficient (Wildman–Crippen LogP) is 18.5. The lowest BCUT2D eigenvalue weighted by Gasteiger charge is -2.37. The van der Waals surface area contributed by atoms with Gasteiger partial charge in [0.2, 0.25) is 0 Å². The molecule has 1 saturated carbocycles. The van der Waals surface area contributed by atoms with Crippen molar-refractivity contribution < 1.29 is 8.83 Å². The van der Waals surface area contributed by atoms with Gasteiger partial charge < -0.3 is 13.7 Å². The summed E-state index contributed by atoms with van der Waals surface area (Å²) in [5.41, 5.74) is 21.4. The van der Waals surface area contributed by atoms with E-state index in [0.29, 0.717) is 0 Å². The van der Waals surface area contributed by atoms with Crippen molar-refractivity contribution in [3.8, 4) is 33.4 Å². The number of rotatable bonds is 5. The van der Waals surface area contributed by atoms with Crippen molar-refractivity contribution in [2.75, 3.05) is 4.90 Å². The van der Waals surface area contributed by atoms with Crippen molar-refractivity contribution >= 4 is 82.5 Å². The second kappa shape index (κ2) is 13.5.